The van der Waals surface area contributed by atoms with Gasteiger partial charge in [0, 0.05) is 11.1 Å². The average Bonchev–Trinajstić information content (AvgIpc) is 2.83. The largest absolute Gasteiger partial charge is 0.459 e. The summed E-state index contributed by atoms with van der Waals surface area (Å²) < 4.78 is 20.3. The summed E-state index contributed by atoms with van der Waals surface area (Å²) in [6.45, 7) is 9.48. The van der Waals surface area contributed by atoms with Crippen molar-refractivity contribution >= 4 is 23.9 Å². The third kappa shape index (κ3) is 7.44. The van der Waals surface area contributed by atoms with Crippen LogP contribution in [-0.2, 0) is 28.5 Å². The second kappa shape index (κ2) is 12.7. The third-order valence-corrected chi connectivity index (χ3v) is 4.38. The molecule has 8 nitrogen and oxygen atoms in total. The summed E-state index contributed by atoms with van der Waals surface area (Å²) in [5.41, 5.74) is 1.87. The van der Waals surface area contributed by atoms with Gasteiger partial charge in [-0.25, -0.2) is 19.2 Å². The second-order valence-electron chi connectivity index (χ2n) is 7.20. The Morgan fingerprint density at radius 2 is 0.912 bits per heavy atom. The molecule has 0 unspecified atom stereocenters. The predicted octanol–water partition coefficient (Wildman–Crippen LogP) is 3.91. The topological polar surface area (TPSA) is 105 Å². The van der Waals surface area contributed by atoms with E-state index in [9.17, 15) is 19.2 Å². The summed E-state index contributed by atoms with van der Waals surface area (Å²) in [5, 5.41) is 0. The molecule has 0 saturated heterocycles. The quantitative estimate of drug-likeness (QED) is 0.212. The molecule has 0 aromatic heterocycles. The highest BCUT2D eigenvalue weighted by atomic mass is 16.6. The van der Waals surface area contributed by atoms with Crippen LogP contribution < -0.4 is 0 Å². The molecule has 0 N–H and O–H groups in total. The van der Waals surface area contributed by atoms with E-state index >= 15 is 0 Å². The van der Waals surface area contributed by atoms with Crippen LogP contribution in [0, 0.1) is 0 Å². The van der Waals surface area contributed by atoms with Crippen LogP contribution in [0.25, 0.3) is 11.1 Å². The molecule has 0 amide bonds. The van der Waals surface area contributed by atoms with E-state index in [0.717, 1.165) is 0 Å². The molecule has 0 heterocycles. The van der Waals surface area contributed by atoms with Crippen LogP contribution in [0.3, 0.4) is 0 Å². The Morgan fingerprint density at radius 3 is 1.26 bits per heavy atom. The van der Waals surface area contributed by atoms with Crippen LogP contribution >= 0.6 is 0 Å². The Kier molecular flexibility index (Phi) is 9.76. The van der Waals surface area contributed by atoms with Crippen molar-refractivity contribution in [3.63, 3.8) is 0 Å². The van der Waals surface area contributed by atoms with Gasteiger partial charge in [0.25, 0.3) is 0 Å². The van der Waals surface area contributed by atoms with E-state index < -0.39 is 23.9 Å². The van der Waals surface area contributed by atoms with E-state index in [-0.39, 0.29) is 48.7 Å². The number of esters is 4. The van der Waals surface area contributed by atoms with Crippen LogP contribution in [0.2, 0.25) is 0 Å². The van der Waals surface area contributed by atoms with Gasteiger partial charge in [-0.3, -0.25) is 0 Å². The molecular weight excluding hydrogens is 440 g/mol. The Labute approximate surface area is 197 Å². The first-order valence-electron chi connectivity index (χ1n) is 10.4. The second-order valence-corrected chi connectivity index (χ2v) is 7.20. The smallest absolute Gasteiger partial charge is 0.338 e. The van der Waals surface area contributed by atoms with Crippen LogP contribution in [0.5, 0.6) is 0 Å². The normalized spacial score (nSPS) is 10.1. The number of benzene rings is 2. The maximum atomic E-state index is 12.7. The Bertz CT molecular complexity index is 1010. The lowest BCUT2D eigenvalue weighted by atomic mass is 9.95. The summed E-state index contributed by atoms with van der Waals surface area (Å²) in [4.78, 5) is 48.2. The summed E-state index contributed by atoms with van der Waals surface area (Å²) >= 11 is 0. The van der Waals surface area contributed by atoms with Gasteiger partial charge in [0.15, 0.2) is 0 Å². The molecule has 34 heavy (non-hydrogen) atoms. The van der Waals surface area contributed by atoms with Gasteiger partial charge in [-0.15, -0.1) is 0 Å². The number of rotatable bonds is 11. The molecule has 2 aromatic rings. The number of carbonyl (C=O) groups excluding carboxylic acids is 4. The van der Waals surface area contributed by atoms with Crippen LogP contribution in [0.4, 0.5) is 0 Å². The summed E-state index contributed by atoms with van der Waals surface area (Å²) in [6.07, 6.45) is 0. The van der Waals surface area contributed by atoms with Gasteiger partial charge in [-0.2, -0.15) is 0 Å². The molecule has 0 aliphatic carbocycles. The third-order valence-electron chi connectivity index (χ3n) is 4.38. The number of hydrogen-bond acceptors (Lipinski definition) is 8. The first-order valence-corrected chi connectivity index (χ1v) is 10.4. The zero-order valence-corrected chi connectivity index (χ0v) is 19.1. The van der Waals surface area contributed by atoms with Crippen molar-refractivity contribution in [1.82, 2.24) is 0 Å². The van der Waals surface area contributed by atoms with E-state index in [1.54, 1.807) is 48.5 Å². The van der Waals surface area contributed by atoms with Crippen molar-refractivity contribution in [2.24, 2.45) is 0 Å². The van der Waals surface area contributed by atoms with Gasteiger partial charge in [0.05, 0.1) is 11.1 Å². The van der Waals surface area contributed by atoms with Crippen LogP contribution in [-0.4, -0.2) is 50.3 Å². The van der Waals surface area contributed by atoms with Gasteiger partial charge in [0.2, 0.25) is 0 Å². The molecule has 2 aromatic carbocycles. The van der Waals surface area contributed by atoms with Gasteiger partial charge in [-0.05, 0) is 37.1 Å². The fourth-order valence-corrected chi connectivity index (χ4v) is 2.73. The molecule has 178 valence electrons. The van der Waals surface area contributed by atoms with Crippen molar-refractivity contribution in [2.75, 3.05) is 26.4 Å². The first-order chi connectivity index (χ1) is 16.2. The van der Waals surface area contributed by atoms with Crippen molar-refractivity contribution in [3.05, 3.63) is 84.0 Å². The zero-order chi connectivity index (χ0) is 25.1. The highest BCUT2D eigenvalue weighted by Gasteiger charge is 2.20. The number of hydrogen-bond donors (Lipinski definition) is 0. The Hall–Kier alpha value is -4.20. The number of ether oxygens (including phenoxy) is 4. The highest BCUT2D eigenvalue weighted by molar-refractivity contribution is 6.03. The summed E-state index contributed by atoms with van der Waals surface area (Å²) in [7, 11) is 0. The van der Waals surface area contributed by atoms with E-state index in [0.29, 0.717) is 11.1 Å². The molecule has 0 bridgehead atoms. The molecule has 2 rings (SSSR count). The van der Waals surface area contributed by atoms with Crippen LogP contribution in [0.1, 0.15) is 34.6 Å². The SMILES string of the molecule is C=C(C)C(=O)OCCOC(=O)c1ccccc1-c1ccccc1C(=O)OCCOC(=O)C(=C)C. The molecule has 0 spiro atoms. The minimum atomic E-state index is -0.642. The van der Waals surface area contributed by atoms with Gasteiger partial charge >= 0.3 is 23.9 Å². The monoisotopic (exact) mass is 466 g/mol. The molecular formula is C26H26O8. The molecule has 0 saturated carbocycles. The predicted molar refractivity (Wildman–Crippen MR) is 124 cm³/mol. The Morgan fingerprint density at radius 1 is 0.588 bits per heavy atom. The van der Waals surface area contributed by atoms with Gasteiger partial charge in [0.1, 0.15) is 26.4 Å². The van der Waals surface area contributed by atoms with Gasteiger partial charge in [-0.1, -0.05) is 49.6 Å². The van der Waals surface area contributed by atoms with E-state index in [2.05, 4.69) is 13.2 Å². The average molecular weight is 466 g/mol. The standard InChI is InChI=1S/C26H26O8/c1-17(2)23(27)31-13-15-33-25(29)21-11-7-5-9-19(21)20-10-6-8-12-22(20)26(30)34-16-14-32-24(28)18(3)4/h5-12H,1,3,13-16H2,2,4H3. The van der Waals surface area contributed by atoms with Crippen molar-refractivity contribution in [2.45, 2.75) is 13.8 Å². The van der Waals surface area contributed by atoms with E-state index in [1.807, 2.05) is 0 Å². The fourth-order valence-electron chi connectivity index (χ4n) is 2.73. The van der Waals surface area contributed by atoms with Crippen LogP contribution in [0.15, 0.2) is 72.8 Å². The molecule has 0 radical (unpaired) electrons. The highest BCUT2D eigenvalue weighted by Crippen LogP contribution is 2.28. The molecule has 0 fully saturated rings. The molecule has 8 heteroatoms. The molecule has 0 aliphatic rings. The lowest BCUT2D eigenvalue weighted by molar-refractivity contribution is -0.140. The van der Waals surface area contributed by atoms with Crippen molar-refractivity contribution in [3.8, 4) is 11.1 Å². The minimum absolute atomic E-state index is 0.113. The minimum Gasteiger partial charge on any atom is -0.459 e. The maximum Gasteiger partial charge on any atom is 0.338 e. The van der Waals surface area contributed by atoms with Gasteiger partial charge < -0.3 is 18.9 Å². The maximum absolute atomic E-state index is 12.7. The lowest BCUT2D eigenvalue weighted by Crippen LogP contribution is -2.16. The van der Waals surface area contributed by atoms with Crippen molar-refractivity contribution < 1.29 is 38.1 Å². The zero-order valence-electron chi connectivity index (χ0n) is 19.1. The van der Waals surface area contributed by atoms with E-state index in [1.165, 1.54) is 13.8 Å². The first kappa shape index (κ1) is 26.1. The lowest BCUT2D eigenvalue weighted by Gasteiger charge is -2.13. The summed E-state index contributed by atoms with van der Waals surface area (Å²) in [5.74, 6) is -2.43. The fraction of sp³-hybridized carbons (Fsp3) is 0.231. The van der Waals surface area contributed by atoms with E-state index in [4.69, 9.17) is 18.9 Å². The molecule has 0 aliphatic heterocycles. The van der Waals surface area contributed by atoms with Crippen molar-refractivity contribution in [1.29, 1.82) is 0 Å². The molecule has 0 atom stereocenters. The Balaban J connectivity index is 2.10. The summed E-state index contributed by atoms with van der Waals surface area (Å²) in [6, 6.07) is 13.3. The number of carbonyl (C=O) groups is 4.